The first-order valence-electron chi connectivity index (χ1n) is 5.21. The molecule has 1 fully saturated rings. The van der Waals surface area contributed by atoms with Gasteiger partial charge in [0.2, 0.25) is 10.0 Å². The Bertz CT molecular complexity index is 573. The van der Waals surface area contributed by atoms with Crippen LogP contribution in [0.3, 0.4) is 0 Å². The van der Waals surface area contributed by atoms with E-state index in [1.807, 2.05) is 0 Å². The van der Waals surface area contributed by atoms with Crippen molar-refractivity contribution in [2.75, 3.05) is 25.4 Å². The summed E-state index contributed by atoms with van der Waals surface area (Å²) in [5.74, 6) is 0.00933. The molecule has 0 saturated carbocycles. The van der Waals surface area contributed by atoms with E-state index in [0.29, 0.717) is 17.6 Å². The number of benzene rings is 1. The third-order valence-corrected chi connectivity index (χ3v) is 6.05. The molecule has 8 heteroatoms. The first kappa shape index (κ1) is 14.1. The van der Waals surface area contributed by atoms with Crippen LogP contribution in [0.15, 0.2) is 21.5 Å². The molecule has 1 heterocycles. The summed E-state index contributed by atoms with van der Waals surface area (Å²) in [4.78, 5) is 0.0592. The van der Waals surface area contributed by atoms with E-state index in [1.165, 1.54) is 16.4 Å². The number of nitrogen functional groups attached to an aromatic ring is 1. The number of nitrogens with two attached hydrogens (primary N) is 1. The molecular weight excluding hydrogens is 344 g/mol. The maximum atomic E-state index is 12.3. The van der Waals surface area contributed by atoms with Crippen LogP contribution in [0.1, 0.15) is 0 Å². The van der Waals surface area contributed by atoms with Crippen LogP contribution < -0.4 is 5.73 Å². The quantitative estimate of drug-likeness (QED) is 0.801. The van der Waals surface area contributed by atoms with Gasteiger partial charge in [0, 0.05) is 36.3 Å². The summed E-state index contributed by atoms with van der Waals surface area (Å²) in [6, 6.07) is 2.85. The number of aliphatic hydroxyl groups excluding tert-OH is 1. The molecule has 0 radical (unpaired) electrons. The van der Waals surface area contributed by atoms with Gasteiger partial charge in [-0.3, -0.25) is 0 Å². The number of halogens is 2. The molecule has 0 spiro atoms. The van der Waals surface area contributed by atoms with Crippen LogP contribution >= 0.6 is 27.5 Å². The summed E-state index contributed by atoms with van der Waals surface area (Å²) < 4.78 is 26.2. The molecule has 18 heavy (non-hydrogen) atoms. The second-order valence-corrected chi connectivity index (χ2v) is 7.31. The van der Waals surface area contributed by atoms with Crippen LogP contribution in [-0.2, 0) is 10.0 Å². The van der Waals surface area contributed by atoms with Crippen molar-refractivity contribution in [2.24, 2.45) is 5.92 Å². The van der Waals surface area contributed by atoms with Gasteiger partial charge in [-0.05, 0) is 28.1 Å². The predicted octanol–water partition coefficient (Wildman–Crippen LogP) is 1.30. The number of hydrogen-bond donors (Lipinski definition) is 2. The molecule has 3 N–H and O–H groups in total. The standard InChI is InChI=1S/C10H12BrClN2O3S/c11-10-8(13)1-7(12)2-9(10)18(16,17)14-3-6(4-14)5-15/h1-2,6,15H,3-5,13H2. The van der Waals surface area contributed by atoms with E-state index in [0.717, 1.165) is 0 Å². The molecular formula is C10H12BrClN2O3S. The highest BCUT2D eigenvalue weighted by Gasteiger charge is 2.37. The van der Waals surface area contributed by atoms with Gasteiger partial charge in [0.25, 0.3) is 0 Å². The van der Waals surface area contributed by atoms with Gasteiger partial charge >= 0.3 is 0 Å². The average Bonchev–Trinajstić information content (AvgIpc) is 2.21. The Morgan fingerprint density at radius 3 is 2.67 bits per heavy atom. The van der Waals surface area contributed by atoms with Gasteiger partial charge in [-0.1, -0.05) is 11.6 Å². The SMILES string of the molecule is Nc1cc(Cl)cc(S(=O)(=O)N2CC(CO)C2)c1Br. The lowest BCUT2D eigenvalue weighted by atomic mass is 10.1. The molecule has 1 saturated heterocycles. The molecule has 0 bridgehead atoms. The Labute approximate surface area is 119 Å². The molecule has 1 aromatic carbocycles. The summed E-state index contributed by atoms with van der Waals surface area (Å²) in [5, 5.41) is 9.18. The van der Waals surface area contributed by atoms with E-state index in [2.05, 4.69) is 15.9 Å². The normalized spacial score (nSPS) is 17.7. The lowest BCUT2D eigenvalue weighted by molar-refractivity contribution is 0.117. The van der Waals surface area contributed by atoms with Crippen LogP contribution in [0.5, 0.6) is 0 Å². The smallest absolute Gasteiger partial charge is 0.244 e. The molecule has 0 aromatic heterocycles. The molecule has 1 aliphatic heterocycles. The van der Waals surface area contributed by atoms with Gasteiger partial charge in [-0.25, -0.2) is 8.42 Å². The van der Waals surface area contributed by atoms with Crippen molar-refractivity contribution >= 4 is 43.2 Å². The maximum absolute atomic E-state index is 12.3. The first-order chi connectivity index (χ1) is 8.36. The van der Waals surface area contributed by atoms with Crippen LogP contribution in [-0.4, -0.2) is 37.5 Å². The Morgan fingerprint density at radius 1 is 1.50 bits per heavy atom. The predicted molar refractivity (Wildman–Crippen MR) is 72.9 cm³/mol. The van der Waals surface area contributed by atoms with Crippen LogP contribution in [0.25, 0.3) is 0 Å². The van der Waals surface area contributed by atoms with E-state index in [4.69, 9.17) is 22.4 Å². The Balaban J connectivity index is 2.37. The molecule has 0 aliphatic carbocycles. The van der Waals surface area contributed by atoms with Gasteiger partial charge in [-0.15, -0.1) is 0 Å². The molecule has 1 aromatic rings. The highest BCUT2D eigenvalue weighted by molar-refractivity contribution is 9.10. The summed E-state index contributed by atoms with van der Waals surface area (Å²) in [5.41, 5.74) is 5.96. The highest BCUT2D eigenvalue weighted by atomic mass is 79.9. The van der Waals surface area contributed by atoms with E-state index in [-0.39, 0.29) is 28.1 Å². The Morgan fingerprint density at radius 2 is 2.11 bits per heavy atom. The van der Waals surface area contributed by atoms with Crippen molar-refractivity contribution in [3.8, 4) is 0 Å². The van der Waals surface area contributed by atoms with Crippen LogP contribution in [0.2, 0.25) is 5.02 Å². The number of aliphatic hydroxyl groups is 1. The van der Waals surface area contributed by atoms with Crippen LogP contribution in [0.4, 0.5) is 5.69 Å². The van der Waals surface area contributed by atoms with Crippen LogP contribution in [0, 0.1) is 5.92 Å². The topological polar surface area (TPSA) is 83.6 Å². The molecule has 0 amide bonds. The first-order valence-corrected chi connectivity index (χ1v) is 7.83. The fourth-order valence-corrected chi connectivity index (χ4v) is 4.59. The van der Waals surface area contributed by atoms with Gasteiger partial charge in [0.15, 0.2) is 0 Å². The lowest BCUT2D eigenvalue weighted by Gasteiger charge is -2.37. The number of rotatable bonds is 3. The van der Waals surface area contributed by atoms with Gasteiger partial charge < -0.3 is 10.8 Å². The van der Waals surface area contributed by atoms with Gasteiger partial charge in [0.1, 0.15) is 0 Å². The van der Waals surface area contributed by atoms with Crippen molar-refractivity contribution in [1.82, 2.24) is 4.31 Å². The van der Waals surface area contributed by atoms with Crippen molar-refractivity contribution in [3.63, 3.8) is 0 Å². The zero-order valence-corrected chi connectivity index (χ0v) is 12.5. The van der Waals surface area contributed by atoms with Crippen molar-refractivity contribution in [3.05, 3.63) is 21.6 Å². The largest absolute Gasteiger partial charge is 0.398 e. The average molecular weight is 356 g/mol. The third-order valence-electron chi connectivity index (χ3n) is 2.83. The Hall–Kier alpha value is -0.340. The van der Waals surface area contributed by atoms with E-state index in [9.17, 15) is 8.42 Å². The second-order valence-electron chi connectivity index (χ2n) is 4.18. The van der Waals surface area contributed by atoms with E-state index < -0.39 is 10.0 Å². The molecule has 5 nitrogen and oxygen atoms in total. The number of sulfonamides is 1. The summed E-state index contributed by atoms with van der Waals surface area (Å²) in [6.45, 7) is 0.625. The van der Waals surface area contributed by atoms with E-state index >= 15 is 0 Å². The molecule has 0 atom stereocenters. The summed E-state index contributed by atoms with van der Waals surface area (Å²) in [6.07, 6.45) is 0. The van der Waals surface area contributed by atoms with Crippen molar-refractivity contribution in [1.29, 1.82) is 0 Å². The fourth-order valence-electron chi connectivity index (χ4n) is 1.75. The fraction of sp³-hybridized carbons (Fsp3) is 0.400. The zero-order valence-electron chi connectivity index (χ0n) is 9.31. The van der Waals surface area contributed by atoms with Crippen molar-refractivity contribution in [2.45, 2.75) is 4.90 Å². The number of anilines is 1. The number of nitrogens with zero attached hydrogens (tertiary/aromatic N) is 1. The third kappa shape index (κ3) is 2.37. The summed E-state index contributed by atoms with van der Waals surface area (Å²) >= 11 is 8.99. The summed E-state index contributed by atoms with van der Waals surface area (Å²) in [7, 11) is -3.61. The van der Waals surface area contributed by atoms with Gasteiger partial charge in [0.05, 0.1) is 9.37 Å². The lowest BCUT2D eigenvalue weighted by Crippen LogP contribution is -2.51. The highest BCUT2D eigenvalue weighted by Crippen LogP contribution is 2.35. The van der Waals surface area contributed by atoms with Gasteiger partial charge in [-0.2, -0.15) is 4.31 Å². The van der Waals surface area contributed by atoms with Crippen molar-refractivity contribution < 1.29 is 13.5 Å². The zero-order chi connectivity index (χ0) is 13.5. The molecule has 100 valence electrons. The minimum atomic E-state index is -3.61. The molecule has 0 unspecified atom stereocenters. The van der Waals surface area contributed by atoms with E-state index in [1.54, 1.807) is 0 Å². The number of hydrogen-bond acceptors (Lipinski definition) is 4. The second kappa shape index (κ2) is 4.97. The minimum absolute atomic E-state index is 0.00905. The maximum Gasteiger partial charge on any atom is 0.244 e. The Kier molecular flexibility index (Phi) is 3.89. The minimum Gasteiger partial charge on any atom is -0.398 e. The monoisotopic (exact) mass is 354 g/mol. The molecule has 1 aliphatic rings. The molecule has 2 rings (SSSR count).